The number of hydrogen-bond donors (Lipinski definition) is 2. The summed E-state index contributed by atoms with van der Waals surface area (Å²) in [6.07, 6.45) is 0. The first-order valence-electron chi connectivity index (χ1n) is 7.41. The third-order valence-electron chi connectivity index (χ3n) is 3.60. The highest BCUT2D eigenvalue weighted by molar-refractivity contribution is 7.17. The van der Waals surface area contributed by atoms with Crippen LogP contribution < -0.4 is 11.1 Å². The lowest BCUT2D eigenvalue weighted by Crippen LogP contribution is -2.12. The second-order valence-corrected chi connectivity index (χ2v) is 6.44. The van der Waals surface area contributed by atoms with E-state index in [2.05, 4.69) is 5.32 Å². The number of hydrogen-bond acceptors (Lipinski definition) is 3. The summed E-state index contributed by atoms with van der Waals surface area (Å²) in [5.74, 6) is -0.661. The van der Waals surface area contributed by atoms with E-state index in [0.29, 0.717) is 16.1 Å². The molecule has 0 saturated carbocycles. The third-order valence-corrected chi connectivity index (χ3v) is 4.89. The number of carbonyl (C=O) groups is 2. The van der Waals surface area contributed by atoms with Crippen LogP contribution in [0.25, 0.3) is 10.4 Å². The van der Waals surface area contributed by atoms with Crippen molar-refractivity contribution in [2.24, 2.45) is 5.73 Å². The maximum atomic E-state index is 12.4. The fourth-order valence-corrected chi connectivity index (χ4v) is 3.45. The minimum absolute atomic E-state index is 0.169. The number of nitrogens with one attached hydrogen (secondary N) is 1. The molecule has 0 aliphatic heterocycles. The van der Waals surface area contributed by atoms with Gasteiger partial charge in [0.15, 0.2) is 0 Å². The first-order valence-corrected chi connectivity index (χ1v) is 8.23. The van der Waals surface area contributed by atoms with Crippen molar-refractivity contribution in [2.45, 2.75) is 6.92 Å². The Labute approximate surface area is 143 Å². The summed E-state index contributed by atoms with van der Waals surface area (Å²) >= 11 is 1.46. The monoisotopic (exact) mass is 336 g/mol. The number of rotatable bonds is 4. The van der Waals surface area contributed by atoms with Crippen LogP contribution in [0.2, 0.25) is 0 Å². The smallest absolute Gasteiger partial charge is 0.265 e. The van der Waals surface area contributed by atoms with Crippen molar-refractivity contribution < 1.29 is 9.59 Å². The zero-order valence-electron chi connectivity index (χ0n) is 13.1. The molecular weight excluding hydrogens is 320 g/mol. The Morgan fingerprint density at radius 3 is 2.29 bits per heavy atom. The zero-order valence-corrected chi connectivity index (χ0v) is 13.9. The molecule has 0 fully saturated rings. The normalized spacial score (nSPS) is 10.4. The van der Waals surface area contributed by atoms with Gasteiger partial charge in [-0.1, -0.05) is 30.3 Å². The lowest BCUT2D eigenvalue weighted by atomic mass is 10.1. The molecule has 0 saturated heterocycles. The van der Waals surface area contributed by atoms with Crippen molar-refractivity contribution >= 4 is 28.8 Å². The maximum Gasteiger partial charge on any atom is 0.265 e. The van der Waals surface area contributed by atoms with Crippen molar-refractivity contribution in [3.8, 4) is 10.4 Å². The zero-order chi connectivity index (χ0) is 17.1. The van der Waals surface area contributed by atoms with Crippen LogP contribution in [0, 0.1) is 6.92 Å². The Kier molecular flexibility index (Phi) is 4.44. The molecule has 0 radical (unpaired) electrons. The average Bonchev–Trinajstić information content (AvgIpc) is 2.98. The van der Waals surface area contributed by atoms with Crippen LogP contribution in [0.5, 0.6) is 0 Å². The Morgan fingerprint density at radius 2 is 1.67 bits per heavy atom. The summed E-state index contributed by atoms with van der Waals surface area (Å²) < 4.78 is 0. The molecule has 0 aliphatic carbocycles. The van der Waals surface area contributed by atoms with Crippen LogP contribution >= 0.6 is 11.3 Å². The number of primary amides is 1. The minimum atomic E-state index is -0.491. The van der Waals surface area contributed by atoms with Crippen LogP contribution in [-0.2, 0) is 0 Å². The highest BCUT2D eigenvalue weighted by Crippen LogP contribution is 2.32. The quantitative estimate of drug-likeness (QED) is 0.753. The van der Waals surface area contributed by atoms with E-state index < -0.39 is 5.91 Å². The number of carbonyl (C=O) groups excluding carboxylic acids is 2. The average molecular weight is 336 g/mol. The lowest BCUT2D eigenvalue weighted by Gasteiger charge is -2.04. The number of nitrogens with two attached hydrogens (primary N) is 1. The summed E-state index contributed by atoms with van der Waals surface area (Å²) in [4.78, 5) is 25.2. The maximum absolute atomic E-state index is 12.4. The van der Waals surface area contributed by atoms with E-state index in [0.717, 1.165) is 16.0 Å². The number of anilines is 1. The fourth-order valence-electron chi connectivity index (χ4n) is 2.38. The predicted octanol–water partition coefficient (Wildman–Crippen LogP) is 4.07. The summed E-state index contributed by atoms with van der Waals surface area (Å²) in [6.45, 7) is 2.00. The molecule has 2 aromatic carbocycles. The molecule has 24 heavy (non-hydrogen) atoms. The fraction of sp³-hybridized carbons (Fsp3) is 0.0526. The molecule has 3 N–H and O–H groups in total. The minimum Gasteiger partial charge on any atom is -0.366 e. The standard InChI is InChI=1S/C19H16N2O2S/c1-12-11-16(24-17(12)13-5-3-2-4-6-13)19(23)21-15-9-7-14(8-10-15)18(20)22/h2-11H,1H3,(H2,20,22)(H,21,23). The van der Waals surface area contributed by atoms with E-state index in [9.17, 15) is 9.59 Å². The Balaban J connectivity index is 1.79. The summed E-state index contributed by atoms with van der Waals surface area (Å²) in [5, 5.41) is 2.84. The van der Waals surface area contributed by atoms with Crippen molar-refractivity contribution in [1.29, 1.82) is 0 Å². The Hall–Kier alpha value is -2.92. The largest absolute Gasteiger partial charge is 0.366 e. The van der Waals surface area contributed by atoms with Gasteiger partial charge >= 0.3 is 0 Å². The lowest BCUT2D eigenvalue weighted by molar-refractivity contribution is 0.0998. The van der Waals surface area contributed by atoms with E-state index in [1.54, 1.807) is 24.3 Å². The van der Waals surface area contributed by atoms with Crippen LogP contribution in [0.3, 0.4) is 0 Å². The number of aryl methyl sites for hydroxylation is 1. The van der Waals surface area contributed by atoms with Crippen LogP contribution in [0.4, 0.5) is 5.69 Å². The molecule has 3 rings (SSSR count). The summed E-state index contributed by atoms with van der Waals surface area (Å²) in [6, 6.07) is 18.4. The molecule has 0 aliphatic rings. The van der Waals surface area contributed by atoms with Crippen molar-refractivity contribution in [3.63, 3.8) is 0 Å². The molecule has 1 heterocycles. The van der Waals surface area contributed by atoms with E-state index in [1.807, 2.05) is 43.3 Å². The van der Waals surface area contributed by atoms with E-state index in [-0.39, 0.29) is 5.91 Å². The second kappa shape index (κ2) is 6.68. The molecule has 120 valence electrons. The van der Waals surface area contributed by atoms with Gasteiger partial charge in [0.2, 0.25) is 5.91 Å². The van der Waals surface area contributed by atoms with Gasteiger partial charge in [-0.3, -0.25) is 9.59 Å². The summed E-state index contributed by atoms with van der Waals surface area (Å²) in [7, 11) is 0. The molecule has 2 amide bonds. The van der Waals surface area contributed by atoms with Gasteiger partial charge in [0, 0.05) is 16.1 Å². The van der Waals surface area contributed by atoms with Gasteiger partial charge in [0.05, 0.1) is 4.88 Å². The van der Waals surface area contributed by atoms with Gasteiger partial charge in [-0.2, -0.15) is 0 Å². The van der Waals surface area contributed by atoms with Gasteiger partial charge in [0.25, 0.3) is 5.91 Å². The first-order chi connectivity index (χ1) is 11.5. The van der Waals surface area contributed by atoms with Gasteiger partial charge in [-0.25, -0.2) is 0 Å². The van der Waals surface area contributed by atoms with Crippen LogP contribution in [0.1, 0.15) is 25.6 Å². The topological polar surface area (TPSA) is 72.2 Å². The molecule has 5 heteroatoms. The first kappa shape index (κ1) is 16.0. The second-order valence-electron chi connectivity index (χ2n) is 5.38. The molecule has 0 spiro atoms. The molecule has 0 unspecified atom stereocenters. The van der Waals surface area contributed by atoms with Crippen LogP contribution in [0.15, 0.2) is 60.7 Å². The molecule has 4 nitrogen and oxygen atoms in total. The Bertz CT molecular complexity index is 883. The van der Waals surface area contributed by atoms with E-state index >= 15 is 0 Å². The van der Waals surface area contributed by atoms with E-state index in [4.69, 9.17) is 5.73 Å². The number of thiophene rings is 1. The van der Waals surface area contributed by atoms with E-state index in [1.165, 1.54) is 11.3 Å². The van der Waals surface area contributed by atoms with Crippen molar-refractivity contribution in [3.05, 3.63) is 76.7 Å². The number of amides is 2. The van der Waals surface area contributed by atoms with Crippen molar-refractivity contribution in [2.75, 3.05) is 5.32 Å². The van der Waals surface area contributed by atoms with Crippen LogP contribution in [-0.4, -0.2) is 11.8 Å². The predicted molar refractivity (Wildman–Crippen MR) is 97.4 cm³/mol. The third kappa shape index (κ3) is 3.36. The van der Waals surface area contributed by atoms with Gasteiger partial charge in [0.1, 0.15) is 0 Å². The van der Waals surface area contributed by atoms with Gasteiger partial charge in [-0.05, 0) is 48.4 Å². The molecule has 1 aromatic heterocycles. The van der Waals surface area contributed by atoms with Gasteiger partial charge in [-0.15, -0.1) is 11.3 Å². The molecular formula is C19H16N2O2S. The van der Waals surface area contributed by atoms with Crippen molar-refractivity contribution in [1.82, 2.24) is 0 Å². The Morgan fingerprint density at radius 1 is 1.00 bits per heavy atom. The SMILES string of the molecule is Cc1cc(C(=O)Nc2ccc(C(N)=O)cc2)sc1-c1ccccc1. The number of benzene rings is 2. The highest BCUT2D eigenvalue weighted by Gasteiger charge is 2.14. The molecule has 0 atom stereocenters. The highest BCUT2D eigenvalue weighted by atomic mass is 32.1. The molecule has 3 aromatic rings. The van der Waals surface area contributed by atoms with Gasteiger partial charge < -0.3 is 11.1 Å². The summed E-state index contributed by atoms with van der Waals surface area (Å²) in [5.41, 5.74) is 8.41. The molecule has 0 bridgehead atoms.